The number of aromatic nitrogens is 5. The maximum Gasteiger partial charge on any atom is 0.269 e. The molecule has 0 spiro atoms. The Kier molecular flexibility index (Phi) is 5.14. The zero-order valence-electron chi connectivity index (χ0n) is 12.9. The van der Waals surface area contributed by atoms with E-state index in [1.54, 1.807) is 24.7 Å². The standard InChI is InChI=1S/C14H15N7OS.ClH/c1-21-6-5-15-7-9(21)11-19-13(22-20-11)10-8-18-14(23-10)12-16-3-2-4-17-12;/h2-4,8-9,15H,5-7H2,1H3;1H. The minimum Gasteiger partial charge on any atom is -0.333 e. The van der Waals surface area contributed by atoms with Gasteiger partial charge in [0.1, 0.15) is 4.88 Å². The van der Waals surface area contributed by atoms with E-state index in [9.17, 15) is 0 Å². The van der Waals surface area contributed by atoms with Crippen molar-refractivity contribution in [3.05, 3.63) is 30.5 Å². The van der Waals surface area contributed by atoms with Gasteiger partial charge in [-0.25, -0.2) is 15.0 Å². The van der Waals surface area contributed by atoms with E-state index in [1.165, 1.54) is 11.3 Å². The molecule has 3 aromatic rings. The molecule has 4 heterocycles. The van der Waals surface area contributed by atoms with Crippen LogP contribution in [0.3, 0.4) is 0 Å². The lowest BCUT2D eigenvalue weighted by atomic mass is 10.2. The summed E-state index contributed by atoms with van der Waals surface area (Å²) in [6.07, 6.45) is 5.11. The van der Waals surface area contributed by atoms with Gasteiger partial charge < -0.3 is 9.84 Å². The van der Waals surface area contributed by atoms with Crippen molar-refractivity contribution in [2.75, 3.05) is 26.7 Å². The van der Waals surface area contributed by atoms with Gasteiger partial charge in [-0.1, -0.05) is 5.16 Å². The normalized spacial score (nSPS) is 18.3. The maximum atomic E-state index is 5.42. The number of hydrogen-bond acceptors (Lipinski definition) is 9. The van der Waals surface area contributed by atoms with Crippen molar-refractivity contribution in [3.63, 3.8) is 0 Å². The third kappa shape index (κ3) is 3.29. The van der Waals surface area contributed by atoms with Crippen LogP contribution in [0, 0.1) is 0 Å². The lowest BCUT2D eigenvalue weighted by Gasteiger charge is -2.30. The van der Waals surface area contributed by atoms with Gasteiger partial charge in [0.15, 0.2) is 16.7 Å². The van der Waals surface area contributed by atoms with Gasteiger partial charge in [0.25, 0.3) is 5.89 Å². The molecular weight excluding hydrogens is 350 g/mol. The van der Waals surface area contributed by atoms with Crippen LogP contribution in [0.25, 0.3) is 21.6 Å². The number of halogens is 1. The van der Waals surface area contributed by atoms with E-state index in [1.807, 2.05) is 0 Å². The Hall–Kier alpha value is -1.94. The molecule has 0 bridgehead atoms. The van der Waals surface area contributed by atoms with Crippen molar-refractivity contribution in [1.29, 1.82) is 0 Å². The molecule has 1 N–H and O–H groups in total. The zero-order chi connectivity index (χ0) is 15.6. The summed E-state index contributed by atoms with van der Waals surface area (Å²) in [7, 11) is 2.07. The van der Waals surface area contributed by atoms with E-state index in [2.05, 4.69) is 42.4 Å². The average Bonchev–Trinajstić information content (AvgIpc) is 3.25. The van der Waals surface area contributed by atoms with Crippen molar-refractivity contribution in [2.45, 2.75) is 6.04 Å². The summed E-state index contributed by atoms with van der Waals surface area (Å²) < 4.78 is 5.42. The Morgan fingerprint density at radius 3 is 2.92 bits per heavy atom. The summed E-state index contributed by atoms with van der Waals surface area (Å²) in [4.78, 5) is 20.3. The summed E-state index contributed by atoms with van der Waals surface area (Å²) in [6.45, 7) is 2.76. The van der Waals surface area contributed by atoms with E-state index in [0.29, 0.717) is 17.5 Å². The lowest BCUT2D eigenvalue weighted by Crippen LogP contribution is -2.44. The predicted octanol–water partition coefficient (Wildman–Crippen LogP) is 1.65. The summed E-state index contributed by atoms with van der Waals surface area (Å²) in [5.74, 6) is 1.78. The molecule has 1 atom stereocenters. The van der Waals surface area contributed by atoms with Crippen LogP contribution >= 0.6 is 23.7 Å². The topological polar surface area (TPSA) is 92.9 Å². The largest absolute Gasteiger partial charge is 0.333 e. The van der Waals surface area contributed by atoms with Gasteiger partial charge in [0.05, 0.1) is 12.2 Å². The third-order valence-electron chi connectivity index (χ3n) is 3.72. The summed E-state index contributed by atoms with van der Waals surface area (Å²) >= 11 is 1.44. The summed E-state index contributed by atoms with van der Waals surface area (Å²) in [5.41, 5.74) is 0. The molecule has 3 aromatic heterocycles. The Labute approximate surface area is 148 Å². The van der Waals surface area contributed by atoms with E-state index in [-0.39, 0.29) is 18.4 Å². The molecule has 0 aliphatic carbocycles. The first-order valence-corrected chi connectivity index (χ1v) is 8.11. The molecule has 1 fully saturated rings. The van der Waals surface area contributed by atoms with Gasteiger partial charge in [0.2, 0.25) is 0 Å². The van der Waals surface area contributed by atoms with Crippen molar-refractivity contribution >= 4 is 23.7 Å². The fraction of sp³-hybridized carbons (Fsp3) is 0.357. The first-order chi connectivity index (χ1) is 11.3. The molecule has 8 nitrogen and oxygen atoms in total. The second kappa shape index (κ2) is 7.31. The van der Waals surface area contributed by atoms with E-state index >= 15 is 0 Å². The highest BCUT2D eigenvalue weighted by molar-refractivity contribution is 7.18. The van der Waals surface area contributed by atoms with Crippen molar-refractivity contribution in [1.82, 2.24) is 35.3 Å². The molecule has 10 heteroatoms. The van der Waals surface area contributed by atoms with Crippen molar-refractivity contribution < 1.29 is 4.52 Å². The molecule has 0 amide bonds. The summed E-state index contributed by atoms with van der Waals surface area (Å²) in [5, 5.41) is 8.21. The monoisotopic (exact) mass is 365 g/mol. The van der Waals surface area contributed by atoms with Gasteiger partial charge in [-0.2, -0.15) is 4.98 Å². The molecular formula is C14H16ClN7OS. The molecule has 0 saturated carbocycles. The van der Waals surface area contributed by atoms with E-state index < -0.39 is 0 Å². The first-order valence-electron chi connectivity index (χ1n) is 7.29. The Morgan fingerprint density at radius 2 is 2.12 bits per heavy atom. The molecule has 1 aliphatic heterocycles. The fourth-order valence-electron chi connectivity index (χ4n) is 2.45. The summed E-state index contributed by atoms with van der Waals surface area (Å²) in [6, 6.07) is 1.91. The number of nitrogens with zero attached hydrogens (tertiary/aromatic N) is 6. The molecule has 126 valence electrons. The second-order valence-electron chi connectivity index (χ2n) is 5.26. The highest BCUT2D eigenvalue weighted by Crippen LogP contribution is 2.30. The molecule has 0 aromatic carbocycles. The number of hydrogen-bond donors (Lipinski definition) is 1. The van der Waals surface area contributed by atoms with Crippen LogP contribution in [-0.4, -0.2) is 56.7 Å². The van der Waals surface area contributed by atoms with E-state index in [4.69, 9.17) is 4.52 Å². The van der Waals surface area contributed by atoms with E-state index in [0.717, 1.165) is 29.5 Å². The van der Waals surface area contributed by atoms with Crippen LogP contribution in [0.4, 0.5) is 0 Å². The molecule has 1 saturated heterocycles. The minimum atomic E-state index is 0. The second-order valence-corrected chi connectivity index (χ2v) is 6.29. The molecule has 0 radical (unpaired) electrons. The van der Waals surface area contributed by atoms with Crippen LogP contribution in [0.15, 0.2) is 29.2 Å². The van der Waals surface area contributed by atoms with Crippen LogP contribution < -0.4 is 5.32 Å². The Morgan fingerprint density at radius 1 is 1.29 bits per heavy atom. The molecule has 24 heavy (non-hydrogen) atoms. The number of likely N-dealkylation sites (N-methyl/N-ethyl adjacent to an activating group) is 1. The third-order valence-corrected chi connectivity index (χ3v) is 4.71. The number of nitrogens with one attached hydrogen (secondary N) is 1. The number of rotatable bonds is 3. The lowest BCUT2D eigenvalue weighted by molar-refractivity contribution is 0.190. The van der Waals surface area contributed by atoms with Crippen LogP contribution in [0.1, 0.15) is 11.9 Å². The first kappa shape index (κ1) is 16.9. The minimum absolute atomic E-state index is 0. The van der Waals surface area contributed by atoms with Crippen molar-refractivity contribution in [3.8, 4) is 21.6 Å². The van der Waals surface area contributed by atoms with Crippen molar-refractivity contribution in [2.24, 2.45) is 0 Å². The quantitative estimate of drug-likeness (QED) is 0.748. The zero-order valence-corrected chi connectivity index (χ0v) is 14.5. The van der Waals surface area contributed by atoms with Crippen LogP contribution in [-0.2, 0) is 0 Å². The SMILES string of the molecule is CN1CCNCC1c1noc(-c2cnc(-c3ncccn3)s2)n1.Cl. The Bertz CT molecular complexity index is 793. The van der Waals surface area contributed by atoms with Gasteiger partial charge in [-0.15, -0.1) is 23.7 Å². The van der Waals surface area contributed by atoms with Gasteiger partial charge in [-0.05, 0) is 13.1 Å². The van der Waals surface area contributed by atoms with Gasteiger partial charge in [-0.3, -0.25) is 4.90 Å². The molecule has 1 unspecified atom stereocenters. The number of piperazine rings is 1. The fourth-order valence-corrected chi connectivity index (χ4v) is 3.24. The smallest absolute Gasteiger partial charge is 0.269 e. The van der Waals surface area contributed by atoms with Gasteiger partial charge in [0, 0.05) is 32.0 Å². The maximum absolute atomic E-state index is 5.42. The highest BCUT2D eigenvalue weighted by Gasteiger charge is 2.26. The molecule has 1 aliphatic rings. The van der Waals surface area contributed by atoms with Gasteiger partial charge >= 0.3 is 0 Å². The Balaban J connectivity index is 0.00000169. The number of thiazole rings is 1. The molecule has 4 rings (SSSR count). The highest BCUT2D eigenvalue weighted by atomic mass is 35.5. The average molecular weight is 366 g/mol. The van der Waals surface area contributed by atoms with Crippen LogP contribution in [0.5, 0.6) is 0 Å². The predicted molar refractivity (Wildman–Crippen MR) is 91.9 cm³/mol. The van der Waals surface area contributed by atoms with Crippen LogP contribution in [0.2, 0.25) is 0 Å².